The fourth-order valence-electron chi connectivity index (χ4n) is 3.58. The Bertz CT molecular complexity index is 239. The fraction of sp³-hybridized carbons (Fsp3) is 1.00. The van der Waals surface area contributed by atoms with Crippen LogP contribution in [0.5, 0.6) is 0 Å². The van der Waals surface area contributed by atoms with Crippen molar-refractivity contribution >= 4 is 0 Å². The van der Waals surface area contributed by atoms with Crippen LogP contribution >= 0.6 is 0 Å². The van der Waals surface area contributed by atoms with Gasteiger partial charge in [-0.3, -0.25) is 4.90 Å². The molecule has 0 aromatic heterocycles. The van der Waals surface area contributed by atoms with Crippen LogP contribution in [0.25, 0.3) is 0 Å². The van der Waals surface area contributed by atoms with Gasteiger partial charge >= 0.3 is 0 Å². The molecule has 2 nitrogen and oxygen atoms in total. The SMILES string of the molecule is CC(C)C1CN(C2CCC(C)C2C)CCCN1. The third-order valence-corrected chi connectivity index (χ3v) is 5.16. The molecule has 4 unspecified atom stereocenters. The molecule has 1 saturated carbocycles. The van der Waals surface area contributed by atoms with Crippen LogP contribution in [-0.2, 0) is 0 Å². The Kier molecular flexibility index (Phi) is 4.48. The van der Waals surface area contributed by atoms with E-state index in [9.17, 15) is 0 Å². The molecule has 1 saturated heterocycles. The van der Waals surface area contributed by atoms with Crippen molar-refractivity contribution in [2.45, 2.75) is 59.0 Å². The highest BCUT2D eigenvalue weighted by atomic mass is 15.2. The summed E-state index contributed by atoms with van der Waals surface area (Å²) in [7, 11) is 0. The van der Waals surface area contributed by atoms with E-state index in [1.807, 2.05) is 0 Å². The summed E-state index contributed by atoms with van der Waals surface area (Å²) in [4.78, 5) is 2.79. The smallest absolute Gasteiger partial charge is 0.0218 e. The monoisotopic (exact) mass is 238 g/mol. The Hall–Kier alpha value is -0.0800. The summed E-state index contributed by atoms with van der Waals surface area (Å²) in [5.74, 6) is 2.57. The van der Waals surface area contributed by atoms with Crippen LogP contribution in [-0.4, -0.2) is 36.6 Å². The predicted octanol–water partition coefficient (Wildman–Crippen LogP) is 2.74. The minimum absolute atomic E-state index is 0.695. The number of rotatable bonds is 2. The lowest BCUT2D eigenvalue weighted by atomic mass is 9.95. The molecule has 0 aromatic carbocycles. The summed E-state index contributed by atoms with van der Waals surface area (Å²) in [5, 5.41) is 3.72. The number of hydrogen-bond acceptors (Lipinski definition) is 2. The quantitative estimate of drug-likeness (QED) is 0.796. The van der Waals surface area contributed by atoms with E-state index in [0.29, 0.717) is 6.04 Å². The van der Waals surface area contributed by atoms with Crippen LogP contribution < -0.4 is 5.32 Å². The van der Waals surface area contributed by atoms with Gasteiger partial charge in [0.15, 0.2) is 0 Å². The average molecular weight is 238 g/mol. The molecule has 100 valence electrons. The molecule has 0 aromatic rings. The van der Waals surface area contributed by atoms with Crippen molar-refractivity contribution in [3.05, 3.63) is 0 Å². The average Bonchev–Trinajstić information content (AvgIpc) is 2.55. The van der Waals surface area contributed by atoms with Crippen molar-refractivity contribution in [1.82, 2.24) is 10.2 Å². The lowest BCUT2D eigenvalue weighted by Gasteiger charge is -2.34. The van der Waals surface area contributed by atoms with Crippen LogP contribution in [0.2, 0.25) is 0 Å². The van der Waals surface area contributed by atoms with Gasteiger partial charge in [-0.05, 0) is 50.1 Å². The lowest BCUT2D eigenvalue weighted by molar-refractivity contribution is 0.145. The van der Waals surface area contributed by atoms with Crippen molar-refractivity contribution in [1.29, 1.82) is 0 Å². The van der Waals surface area contributed by atoms with E-state index in [1.165, 1.54) is 38.9 Å². The van der Waals surface area contributed by atoms with E-state index >= 15 is 0 Å². The molecule has 0 radical (unpaired) electrons. The first-order valence-corrected chi connectivity index (χ1v) is 7.57. The van der Waals surface area contributed by atoms with Gasteiger partial charge in [0, 0.05) is 18.6 Å². The molecule has 2 fully saturated rings. The Labute approximate surface area is 107 Å². The lowest BCUT2D eigenvalue weighted by Crippen LogP contribution is -2.46. The second-order valence-corrected chi connectivity index (χ2v) is 6.63. The van der Waals surface area contributed by atoms with Crippen molar-refractivity contribution in [3.63, 3.8) is 0 Å². The highest BCUT2D eigenvalue weighted by molar-refractivity contribution is 4.90. The standard InChI is InChI=1S/C15H30N2/c1-11(2)14-10-17(9-5-8-16-14)15-7-6-12(3)13(15)4/h11-16H,5-10H2,1-4H3. The van der Waals surface area contributed by atoms with E-state index in [4.69, 9.17) is 0 Å². The summed E-state index contributed by atoms with van der Waals surface area (Å²) >= 11 is 0. The first kappa shape index (κ1) is 13.4. The van der Waals surface area contributed by atoms with Crippen molar-refractivity contribution in [2.75, 3.05) is 19.6 Å². The summed E-state index contributed by atoms with van der Waals surface area (Å²) in [6, 6.07) is 1.55. The predicted molar refractivity (Wildman–Crippen MR) is 74.2 cm³/mol. The Morgan fingerprint density at radius 2 is 1.94 bits per heavy atom. The molecule has 1 heterocycles. The summed E-state index contributed by atoms with van der Waals surface area (Å²) in [6.07, 6.45) is 4.18. The van der Waals surface area contributed by atoms with Crippen LogP contribution in [0.15, 0.2) is 0 Å². The minimum atomic E-state index is 0.695. The van der Waals surface area contributed by atoms with Gasteiger partial charge in [0.1, 0.15) is 0 Å². The Morgan fingerprint density at radius 1 is 1.18 bits per heavy atom. The van der Waals surface area contributed by atoms with Gasteiger partial charge < -0.3 is 5.32 Å². The topological polar surface area (TPSA) is 15.3 Å². The third kappa shape index (κ3) is 3.03. The van der Waals surface area contributed by atoms with Crippen LogP contribution in [0.3, 0.4) is 0 Å². The summed E-state index contributed by atoms with van der Waals surface area (Å²) in [6.45, 7) is 13.4. The second kappa shape index (κ2) is 5.71. The van der Waals surface area contributed by atoms with Crippen LogP contribution in [0.4, 0.5) is 0 Å². The maximum Gasteiger partial charge on any atom is 0.0218 e. The highest BCUT2D eigenvalue weighted by Gasteiger charge is 2.35. The molecule has 2 rings (SSSR count). The van der Waals surface area contributed by atoms with Gasteiger partial charge in [-0.25, -0.2) is 0 Å². The molecule has 17 heavy (non-hydrogen) atoms. The molecular weight excluding hydrogens is 208 g/mol. The van der Waals surface area contributed by atoms with Crippen molar-refractivity contribution < 1.29 is 0 Å². The van der Waals surface area contributed by atoms with Crippen molar-refractivity contribution in [2.24, 2.45) is 17.8 Å². The molecule has 0 bridgehead atoms. The molecule has 2 aliphatic rings. The molecule has 1 aliphatic heterocycles. The van der Waals surface area contributed by atoms with Gasteiger partial charge in [0.25, 0.3) is 0 Å². The molecule has 1 aliphatic carbocycles. The zero-order chi connectivity index (χ0) is 12.4. The molecular formula is C15H30N2. The first-order valence-electron chi connectivity index (χ1n) is 7.57. The number of nitrogens with zero attached hydrogens (tertiary/aromatic N) is 1. The normalized spacial score (nSPS) is 40.8. The number of hydrogen-bond donors (Lipinski definition) is 1. The second-order valence-electron chi connectivity index (χ2n) is 6.63. The Morgan fingerprint density at radius 3 is 2.53 bits per heavy atom. The zero-order valence-electron chi connectivity index (χ0n) is 12.1. The maximum atomic E-state index is 3.72. The Balaban J connectivity index is 1.99. The molecule has 4 atom stereocenters. The van der Waals surface area contributed by atoms with E-state index in [-0.39, 0.29) is 0 Å². The van der Waals surface area contributed by atoms with Gasteiger partial charge in [0.05, 0.1) is 0 Å². The van der Waals surface area contributed by atoms with Crippen LogP contribution in [0, 0.1) is 17.8 Å². The first-order chi connectivity index (χ1) is 8.09. The van der Waals surface area contributed by atoms with Gasteiger partial charge in [0.2, 0.25) is 0 Å². The molecule has 2 heteroatoms. The fourth-order valence-corrected chi connectivity index (χ4v) is 3.58. The third-order valence-electron chi connectivity index (χ3n) is 5.16. The molecule has 1 N–H and O–H groups in total. The molecule has 0 spiro atoms. The van der Waals surface area contributed by atoms with E-state index in [1.54, 1.807) is 0 Å². The highest BCUT2D eigenvalue weighted by Crippen LogP contribution is 2.35. The zero-order valence-corrected chi connectivity index (χ0v) is 12.1. The van der Waals surface area contributed by atoms with E-state index in [2.05, 4.69) is 37.9 Å². The number of nitrogens with one attached hydrogen (secondary N) is 1. The summed E-state index contributed by atoms with van der Waals surface area (Å²) in [5.41, 5.74) is 0. The van der Waals surface area contributed by atoms with Gasteiger partial charge in [-0.1, -0.05) is 27.7 Å². The van der Waals surface area contributed by atoms with Gasteiger partial charge in [-0.15, -0.1) is 0 Å². The van der Waals surface area contributed by atoms with Gasteiger partial charge in [-0.2, -0.15) is 0 Å². The molecule has 0 amide bonds. The minimum Gasteiger partial charge on any atom is -0.312 e. The van der Waals surface area contributed by atoms with E-state index < -0.39 is 0 Å². The maximum absolute atomic E-state index is 3.72. The van der Waals surface area contributed by atoms with E-state index in [0.717, 1.165) is 23.8 Å². The van der Waals surface area contributed by atoms with Crippen LogP contribution in [0.1, 0.15) is 47.0 Å². The summed E-state index contributed by atoms with van der Waals surface area (Å²) < 4.78 is 0. The largest absolute Gasteiger partial charge is 0.312 e. The van der Waals surface area contributed by atoms with Crippen molar-refractivity contribution in [3.8, 4) is 0 Å².